The molecule has 2 aromatic heterocycles. The lowest BCUT2D eigenvalue weighted by molar-refractivity contribution is 0.0690. The lowest BCUT2D eigenvalue weighted by Gasteiger charge is -2.02. The van der Waals surface area contributed by atoms with Crippen molar-refractivity contribution in [3.63, 3.8) is 0 Å². The van der Waals surface area contributed by atoms with Crippen molar-refractivity contribution in [2.45, 2.75) is 25.5 Å². The Kier molecular flexibility index (Phi) is 4.10. The van der Waals surface area contributed by atoms with E-state index in [2.05, 4.69) is 20.3 Å². The van der Waals surface area contributed by atoms with Crippen LogP contribution in [0.25, 0.3) is 0 Å². The lowest BCUT2D eigenvalue weighted by Crippen LogP contribution is -2.02. The molecule has 2 aromatic rings. The first-order valence-corrected chi connectivity index (χ1v) is 6.61. The van der Waals surface area contributed by atoms with E-state index in [-0.39, 0.29) is 5.69 Å². The van der Waals surface area contributed by atoms with Crippen molar-refractivity contribution in [1.29, 1.82) is 0 Å². The fourth-order valence-electron chi connectivity index (χ4n) is 1.49. The molecule has 19 heavy (non-hydrogen) atoms. The van der Waals surface area contributed by atoms with Gasteiger partial charge < -0.3 is 5.11 Å². The molecular weight excluding hydrogens is 266 g/mol. The van der Waals surface area contributed by atoms with Crippen LogP contribution < -0.4 is 0 Å². The molecule has 7 nitrogen and oxygen atoms in total. The maximum absolute atomic E-state index is 10.6. The van der Waals surface area contributed by atoms with Crippen molar-refractivity contribution in [2.24, 2.45) is 0 Å². The molecule has 0 aliphatic rings. The van der Waals surface area contributed by atoms with Crippen LogP contribution >= 0.6 is 11.8 Å². The lowest BCUT2D eigenvalue weighted by atomic mass is 10.4. The summed E-state index contributed by atoms with van der Waals surface area (Å²) < 4.78 is 1.50. The average molecular weight is 279 g/mol. The van der Waals surface area contributed by atoms with Crippen molar-refractivity contribution in [3.05, 3.63) is 29.3 Å². The van der Waals surface area contributed by atoms with Gasteiger partial charge in [0.05, 0.1) is 12.7 Å². The van der Waals surface area contributed by atoms with Crippen LogP contribution in [0, 0.1) is 13.8 Å². The molecule has 0 bridgehead atoms. The SMILES string of the molecule is Cc1cc(C)nc(SCCn2cc(C(=O)O)nn2)n1. The Balaban J connectivity index is 1.90. The van der Waals surface area contributed by atoms with Gasteiger partial charge in [-0.3, -0.25) is 4.68 Å². The number of thioether (sulfide) groups is 1. The average Bonchev–Trinajstić information content (AvgIpc) is 2.76. The Hall–Kier alpha value is -1.96. The van der Waals surface area contributed by atoms with E-state index in [0.717, 1.165) is 16.5 Å². The van der Waals surface area contributed by atoms with Gasteiger partial charge in [-0.2, -0.15) is 0 Å². The van der Waals surface area contributed by atoms with E-state index >= 15 is 0 Å². The third-order valence-electron chi connectivity index (χ3n) is 2.27. The summed E-state index contributed by atoms with van der Waals surface area (Å²) in [6.07, 6.45) is 1.41. The van der Waals surface area contributed by atoms with Crippen molar-refractivity contribution in [1.82, 2.24) is 25.0 Å². The number of carboxylic acid groups (broad SMARTS) is 1. The predicted octanol–water partition coefficient (Wildman–Crippen LogP) is 1.18. The highest BCUT2D eigenvalue weighted by molar-refractivity contribution is 7.99. The van der Waals surface area contributed by atoms with Crippen molar-refractivity contribution in [2.75, 3.05) is 5.75 Å². The molecule has 0 unspecified atom stereocenters. The Morgan fingerprint density at radius 2 is 2.05 bits per heavy atom. The van der Waals surface area contributed by atoms with Gasteiger partial charge in [0.15, 0.2) is 10.9 Å². The highest BCUT2D eigenvalue weighted by Crippen LogP contribution is 2.14. The zero-order chi connectivity index (χ0) is 13.8. The van der Waals surface area contributed by atoms with Crippen LogP contribution in [0.15, 0.2) is 17.4 Å². The highest BCUT2D eigenvalue weighted by Gasteiger charge is 2.08. The van der Waals surface area contributed by atoms with Crippen molar-refractivity contribution >= 4 is 17.7 Å². The van der Waals surface area contributed by atoms with Crippen LogP contribution in [0.5, 0.6) is 0 Å². The minimum Gasteiger partial charge on any atom is -0.476 e. The second kappa shape index (κ2) is 5.79. The molecule has 0 saturated heterocycles. The van der Waals surface area contributed by atoms with E-state index < -0.39 is 5.97 Å². The summed E-state index contributed by atoms with van der Waals surface area (Å²) in [7, 11) is 0. The van der Waals surface area contributed by atoms with Crippen LogP contribution in [0.1, 0.15) is 21.9 Å². The first kappa shape index (κ1) is 13.5. The number of aromatic carboxylic acids is 1. The van der Waals surface area contributed by atoms with Crippen molar-refractivity contribution < 1.29 is 9.90 Å². The van der Waals surface area contributed by atoms with E-state index in [1.807, 2.05) is 19.9 Å². The maximum Gasteiger partial charge on any atom is 0.358 e. The molecule has 0 fully saturated rings. The molecule has 0 aromatic carbocycles. The van der Waals surface area contributed by atoms with Crippen LogP contribution in [-0.4, -0.2) is 41.8 Å². The third-order valence-corrected chi connectivity index (χ3v) is 3.10. The molecular formula is C11H13N5O2S. The molecule has 0 saturated carbocycles. The van der Waals surface area contributed by atoms with Gasteiger partial charge in [-0.05, 0) is 19.9 Å². The van der Waals surface area contributed by atoms with E-state index in [1.54, 1.807) is 0 Å². The Bertz CT molecular complexity index is 578. The number of hydrogen-bond acceptors (Lipinski definition) is 6. The van der Waals surface area contributed by atoms with E-state index in [4.69, 9.17) is 5.11 Å². The third kappa shape index (κ3) is 3.75. The van der Waals surface area contributed by atoms with Gasteiger partial charge in [-0.1, -0.05) is 17.0 Å². The maximum atomic E-state index is 10.6. The molecule has 0 atom stereocenters. The topological polar surface area (TPSA) is 93.8 Å². The Labute approximate surface area is 114 Å². The molecule has 8 heteroatoms. The van der Waals surface area contributed by atoms with Crippen LogP contribution in [0.3, 0.4) is 0 Å². The standard InChI is InChI=1S/C11H13N5O2S/c1-7-5-8(2)13-11(12-7)19-4-3-16-6-9(10(17)18)14-15-16/h5-6H,3-4H2,1-2H3,(H,17,18). The van der Waals surface area contributed by atoms with Gasteiger partial charge in [-0.25, -0.2) is 14.8 Å². The fraction of sp³-hybridized carbons (Fsp3) is 0.364. The summed E-state index contributed by atoms with van der Waals surface area (Å²) in [6.45, 7) is 4.41. The Morgan fingerprint density at radius 3 is 2.63 bits per heavy atom. The molecule has 0 amide bonds. The van der Waals surface area contributed by atoms with E-state index in [1.165, 1.54) is 22.6 Å². The predicted molar refractivity (Wildman–Crippen MR) is 69.2 cm³/mol. The van der Waals surface area contributed by atoms with Gasteiger partial charge in [0.1, 0.15) is 0 Å². The number of nitrogens with zero attached hydrogens (tertiary/aromatic N) is 5. The first-order chi connectivity index (χ1) is 9.04. The summed E-state index contributed by atoms with van der Waals surface area (Å²) in [5.74, 6) is -0.373. The summed E-state index contributed by atoms with van der Waals surface area (Å²) in [5, 5.41) is 16.7. The zero-order valence-corrected chi connectivity index (χ0v) is 11.4. The quantitative estimate of drug-likeness (QED) is 0.648. The van der Waals surface area contributed by atoms with Gasteiger partial charge in [0.2, 0.25) is 0 Å². The number of carboxylic acids is 1. The summed E-state index contributed by atoms with van der Waals surface area (Å²) >= 11 is 1.50. The van der Waals surface area contributed by atoms with Crippen molar-refractivity contribution in [3.8, 4) is 0 Å². The monoisotopic (exact) mass is 279 g/mol. The van der Waals surface area contributed by atoms with E-state index in [0.29, 0.717) is 12.3 Å². The number of rotatable bonds is 5. The Morgan fingerprint density at radius 1 is 1.37 bits per heavy atom. The first-order valence-electron chi connectivity index (χ1n) is 5.63. The van der Waals surface area contributed by atoms with Gasteiger partial charge in [0.25, 0.3) is 0 Å². The molecule has 1 N–H and O–H groups in total. The minimum atomic E-state index is -1.07. The second-order valence-corrected chi connectivity index (χ2v) is 5.02. The number of aromatic nitrogens is 5. The molecule has 0 spiro atoms. The number of carbonyl (C=O) groups is 1. The van der Waals surface area contributed by atoms with Crippen LogP contribution in [-0.2, 0) is 6.54 Å². The zero-order valence-electron chi connectivity index (χ0n) is 10.6. The molecule has 2 heterocycles. The molecule has 100 valence electrons. The smallest absolute Gasteiger partial charge is 0.358 e. The normalized spacial score (nSPS) is 10.6. The number of hydrogen-bond donors (Lipinski definition) is 1. The molecule has 2 rings (SSSR count). The fourth-order valence-corrected chi connectivity index (χ4v) is 2.37. The summed E-state index contributed by atoms with van der Waals surface area (Å²) in [4.78, 5) is 19.3. The second-order valence-electron chi connectivity index (χ2n) is 3.95. The highest BCUT2D eigenvalue weighted by atomic mass is 32.2. The summed E-state index contributed by atoms with van der Waals surface area (Å²) in [6, 6.07) is 1.92. The molecule has 0 radical (unpaired) electrons. The minimum absolute atomic E-state index is 0.0485. The van der Waals surface area contributed by atoms with Gasteiger partial charge >= 0.3 is 5.97 Å². The van der Waals surface area contributed by atoms with Crippen LogP contribution in [0.2, 0.25) is 0 Å². The van der Waals surface area contributed by atoms with E-state index in [9.17, 15) is 4.79 Å². The molecule has 0 aliphatic carbocycles. The van der Waals surface area contributed by atoms with Gasteiger partial charge in [0, 0.05) is 17.1 Å². The molecule has 0 aliphatic heterocycles. The number of aryl methyl sites for hydroxylation is 3. The van der Waals surface area contributed by atoms with Gasteiger partial charge in [-0.15, -0.1) is 5.10 Å². The summed E-state index contributed by atoms with van der Waals surface area (Å²) in [5.41, 5.74) is 1.82. The van der Waals surface area contributed by atoms with Crippen LogP contribution in [0.4, 0.5) is 0 Å². The largest absolute Gasteiger partial charge is 0.476 e.